The minimum atomic E-state index is -3.58. The molecule has 6 nitrogen and oxygen atoms in total. The molecule has 3 rings (SSSR count). The second-order valence-corrected chi connectivity index (χ2v) is 6.29. The predicted molar refractivity (Wildman–Crippen MR) is 65.5 cm³/mol. The molecule has 8 heteroatoms. The predicted octanol–water partition coefficient (Wildman–Crippen LogP) is 1.67. The summed E-state index contributed by atoms with van der Waals surface area (Å²) in [4.78, 5) is 3.74. The number of nitrogens with zero attached hydrogens (tertiary/aromatic N) is 1. The zero-order chi connectivity index (χ0) is 12.6. The van der Waals surface area contributed by atoms with Gasteiger partial charge in [0, 0.05) is 6.07 Å². The smallest absolute Gasteiger partial charge is 0.273 e. The molecule has 0 bridgehead atoms. The third kappa shape index (κ3) is 2.00. The number of aromatic nitrogens is 1. The molecule has 1 aromatic carbocycles. The van der Waals surface area contributed by atoms with E-state index in [-0.39, 0.29) is 11.0 Å². The van der Waals surface area contributed by atoms with Gasteiger partial charge in [0.25, 0.3) is 10.0 Å². The number of sulfonamides is 1. The molecule has 0 amide bonds. The second kappa shape index (κ2) is 4.14. The zero-order valence-corrected chi connectivity index (χ0v) is 10.6. The Kier molecular flexibility index (Phi) is 2.60. The van der Waals surface area contributed by atoms with Crippen LogP contribution in [0.1, 0.15) is 0 Å². The minimum absolute atomic E-state index is 0.153. The molecule has 1 aliphatic heterocycles. The van der Waals surface area contributed by atoms with Crippen molar-refractivity contribution in [3.63, 3.8) is 0 Å². The van der Waals surface area contributed by atoms with E-state index >= 15 is 0 Å². The van der Waals surface area contributed by atoms with Gasteiger partial charge in [0.1, 0.15) is 0 Å². The summed E-state index contributed by atoms with van der Waals surface area (Å²) in [5, 5.41) is 0. The number of hydrogen-bond donors (Lipinski definition) is 1. The van der Waals surface area contributed by atoms with Gasteiger partial charge in [0.2, 0.25) is 6.79 Å². The van der Waals surface area contributed by atoms with Gasteiger partial charge in [-0.15, -0.1) is 11.3 Å². The lowest BCUT2D eigenvalue weighted by molar-refractivity contribution is 0.174. The molecule has 0 unspecified atom stereocenters. The molecular weight excluding hydrogens is 276 g/mol. The first-order valence-electron chi connectivity index (χ1n) is 4.96. The monoisotopic (exact) mass is 284 g/mol. The van der Waals surface area contributed by atoms with Gasteiger partial charge in [-0.1, -0.05) is 0 Å². The highest BCUT2D eigenvalue weighted by Gasteiger charge is 2.18. The van der Waals surface area contributed by atoms with Gasteiger partial charge in [-0.25, -0.2) is 8.42 Å². The third-order valence-corrected chi connectivity index (χ3v) is 4.95. The van der Waals surface area contributed by atoms with Crippen LogP contribution >= 0.6 is 11.3 Å². The topological polar surface area (TPSA) is 77.5 Å². The molecule has 0 radical (unpaired) electrons. The van der Waals surface area contributed by atoms with Gasteiger partial charge in [-0.2, -0.15) is 0 Å². The summed E-state index contributed by atoms with van der Waals surface area (Å²) < 4.78 is 36.9. The average molecular weight is 284 g/mol. The summed E-state index contributed by atoms with van der Waals surface area (Å²) in [6.45, 7) is 0.153. The number of benzene rings is 1. The van der Waals surface area contributed by atoms with Crippen LogP contribution in [0.25, 0.3) is 0 Å². The molecule has 1 N–H and O–H groups in total. The maximum absolute atomic E-state index is 12.0. The second-order valence-electron chi connectivity index (χ2n) is 3.49. The van der Waals surface area contributed by atoms with E-state index in [1.165, 1.54) is 11.7 Å². The number of hydrogen-bond acceptors (Lipinski definition) is 6. The first-order chi connectivity index (χ1) is 8.65. The van der Waals surface area contributed by atoms with Crippen molar-refractivity contribution in [1.82, 2.24) is 4.98 Å². The van der Waals surface area contributed by atoms with Crippen LogP contribution in [0.2, 0.25) is 0 Å². The standard InChI is InChI=1S/C10H8N2O4S2/c13-18(14,10-4-11-5-17-10)12-7-1-2-8-9(3-7)16-6-15-8/h1-5,12H,6H2. The summed E-state index contributed by atoms with van der Waals surface area (Å²) in [6, 6.07) is 4.86. The summed E-state index contributed by atoms with van der Waals surface area (Å²) in [6.07, 6.45) is 1.31. The van der Waals surface area contributed by atoms with E-state index in [9.17, 15) is 8.42 Å². The number of anilines is 1. The van der Waals surface area contributed by atoms with Gasteiger partial charge in [-0.05, 0) is 12.1 Å². The molecule has 2 aromatic rings. The van der Waals surface area contributed by atoms with Crippen molar-refractivity contribution in [2.45, 2.75) is 4.21 Å². The lowest BCUT2D eigenvalue weighted by Crippen LogP contribution is -2.11. The highest BCUT2D eigenvalue weighted by Crippen LogP contribution is 2.34. The molecule has 0 atom stereocenters. The normalized spacial score (nSPS) is 13.6. The van der Waals surface area contributed by atoms with Gasteiger partial charge in [-0.3, -0.25) is 9.71 Å². The van der Waals surface area contributed by atoms with Crippen molar-refractivity contribution < 1.29 is 17.9 Å². The van der Waals surface area contributed by atoms with E-state index in [0.717, 1.165) is 11.3 Å². The molecule has 0 saturated heterocycles. The largest absolute Gasteiger partial charge is 0.454 e. The summed E-state index contributed by atoms with van der Waals surface area (Å²) in [5.74, 6) is 1.13. The zero-order valence-electron chi connectivity index (χ0n) is 8.99. The Labute approximate surface area is 107 Å². The fourth-order valence-electron chi connectivity index (χ4n) is 1.50. The number of fused-ring (bicyclic) bond motifs is 1. The van der Waals surface area contributed by atoms with E-state index in [1.54, 1.807) is 18.2 Å². The number of nitrogens with one attached hydrogen (secondary N) is 1. The van der Waals surface area contributed by atoms with Gasteiger partial charge >= 0.3 is 0 Å². The first-order valence-corrected chi connectivity index (χ1v) is 7.32. The SMILES string of the molecule is O=S(=O)(Nc1ccc2c(c1)OCO2)c1cncs1. The molecule has 0 spiro atoms. The average Bonchev–Trinajstić information content (AvgIpc) is 2.99. The summed E-state index contributed by atoms with van der Waals surface area (Å²) >= 11 is 1.06. The number of thiazole rings is 1. The molecule has 0 saturated carbocycles. The van der Waals surface area contributed by atoms with Crippen LogP contribution in [0.15, 0.2) is 34.1 Å². The van der Waals surface area contributed by atoms with Crippen molar-refractivity contribution in [2.24, 2.45) is 0 Å². The van der Waals surface area contributed by atoms with Crippen molar-refractivity contribution in [1.29, 1.82) is 0 Å². The molecule has 94 valence electrons. The molecule has 0 aliphatic carbocycles. The first kappa shape index (κ1) is 11.3. The van der Waals surface area contributed by atoms with Crippen molar-refractivity contribution in [3.05, 3.63) is 29.9 Å². The third-order valence-electron chi connectivity index (χ3n) is 2.30. The maximum Gasteiger partial charge on any atom is 0.273 e. The molecule has 1 aliphatic rings. The van der Waals surface area contributed by atoms with Crippen LogP contribution in [0.5, 0.6) is 11.5 Å². The number of rotatable bonds is 3. The van der Waals surface area contributed by atoms with Crippen LogP contribution < -0.4 is 14.2 Å². The van der Waals surface area contributed by atoms with Gasteiger partial charge < -0.3 is 9.47 Å². The van der Waals surface area contributed by atoms with Crippen LogP contribution in [-0.2, 0) is 10.0 Å². The Balaban J connectivity index is 1.89. The highest BCUT2D eigenvalue weighted by molar-refractivity contribution is 7.94. The van der Waals surface area contributed by atoms with Crippen LogP contribution in [-0.4, -0.2) is 20.2 Å². The van der Waals surface area contributed by atoms with Crippen LogP contribution in [0, 0.1) is 0 Å². The summed E-state index contributed by atoms with van der Waals surface area (Å²) in [7, 11) is -3.58. The maximum atomic E-state index is 12.0. The van der Waals surface area contributed by atoms with E-state index in [1.807, 2.05) is 0 Å². The molecular formula is C10H8N2O4S2. The van der Waals surface area contributed by atoms with Crippen LogP contribution in [0.3, 0.4) is 0 Å². The van der Waals surface area contributed by atoms with Gasteiger partial charge in [0.15, 0.2) is 15.7 Å². The fraction of sp³-hybridized carbons (Fsp3) is 0.100. The summed E-state index contributed by atoms with van der Waals surface area (Å²) in [5.41, 5.74) is 1.89. The molecule has 0 fully saturated rings. The van der Waals surface area contributed by atoms with E-state index < -0.39 is 10.0 Å². The lowest BCUT2D eigenvalue weighted by Gasteiger charge is -2.06. The molecule has 18 heavy (non-hydrogen) atoms. The number of ether oxygens (including phenoxy) is 2. The Morgan fingerprint density at radius 1 is 1.28 bits per heavy atom. The van der Waals surface area contributed by atoms with Crippen molar-refractivity contribution >= 4 is 27.0 Å². The molecule has 1 aromatic heterocycles. The van der Waals surface area contributed by atoms with Crippen molar-refractivity contribution in [2.75, 3.05) is 11.5 Å². The lowest BCUT2D eigenvalue weighted by atomic mass is 10.3. The fourth-order valence-corrected chi connectivity index (χ4v) is 3.35. The van der Waals surface area contributed by atoms with Crippen molar-refractivity contribution in [3.8, 4) is 11.5 Å². The van der Waals surface area contributed by atoms with E-state index in [0.29, 0.717) is 17.2 Å². The van der Waals surface area contributed by atoms with Gasteiger partial charge in [0.05, 0.1) is 17.4 Å². The quantitative estimate of drug-likeness (QED) is 0.927. The Morgan fingerprint density at radius 3 is 2.89 bits per heavy atom. The van der Waals surface area contributed by atoms with E-state index in [2.05, 4.69) is 9.71 Å². The highest BCUT2D eigenvalue weighted by atomic mass is 32.2. The Bertz CT molecular complexity index is 667. The van der Waals surface area contributed by atoms with Crippen LogP contribution in [0.4, 0.5) is 5.69 Å². The Morgan fingerprint density at radius 2 is 2.11 bits per heavy atom. The minimum Gasteiger partial charge on any atom is -0.454 e. The van der Waals surface area contributed by atoms with E-state index in [4.69, 9.17) is 9.47 Å². The Hall–Kier alpha value is -1.80. The molecule has 2 heterocycles.